The maximum absolute atomic E-state index is 12.1. The zero-order valence-electron chi connectivity index (χ0n) is 15.8. The first-order valence-corrected chi connectivity index (χ1v) is 10.8. The molecule has 0 saturated heterocycles. The molecule has 10 heteroatoms. The predicted octanol–water partition coefficient (Wildman–Crippen LogP) is 3.69. The van der Waals surface area contributed by atoms with Crippen molar-refractivity contribution in [1.82, 2.24) is 24.8 Å². The number of anilines is 1. The summed E-state index contributed by atoms with van der Waals surface area (Å²) in [5.41, 5.74) is 2.41. The second-order valence-corrected chi connectivity index (χ2v) is 7.91. The van der Waals surface area contributed by atoms with E-state index in [2.05, 4.69) is 25.6 Å². The first-order chi connectivity index (χ1) is 14.1. The topological polar surface area (TPSA) is 94.3 Å². The lowest BCUT2D eigenvalue weighted by Gasteiger charge is -2.05. The van der Waals surface area contributed by atoms with Gasteiger partial charge >= 0.3 is 0 Å². The lowest BCUT2D eigenvalue weighted by Crippen LogP contribution is -2.14. The lowest BCUT2D eigenvalue weighted by molar-refractivity contribution is -0.113. The molecular weight excluding hydrogens is 408 g/mol. The SMILES string of the molecule is CCOc1ccc(-c2nnc3ccc(SCC(=O)Nc4nc(C)cs4)nn23)cc1. The largest absolute Gasteiger partial charge is 0.494 e. The summed E-state index contributed by atoms with van der Waals surface area (Å²) in [6.07, 6.45) is 0. The highest BCUT2D eigenvalue weighted by Gasteiger charge is 2.12. The number of nitrogens with one attached hydrogen (secondary N) is 1. The molecule has 4 rings (SSSR count). The van der Waals surface area contributed by atoms with Gasteiger partial charge < -0.3 is 10.1 Å². The van der Waals surface area contributed by atoms with Crippen molar-refractivity contribution in [2.24, 2.45) is 0 Å². The molecule has 148 valence electrons. The van der Waals surface area contributed by atoms with Gasteiger partial charge in [-0.2, -0.15) is 9.61 Å². The molecular formula is C19H18N6O2S2. The number of carbonyl (C=O) groups is 1. The quantitative estimate of drug-likeness (QED) is 0.450. The Bertz CT molecular complexity index is 1140. The van der Waals surface area contributed by atoms with Crippen LogP contribution in [0.5, 0.6) is 5.75 Å². The molecule has 0 fully saturated rings. The first-order valence-electron chi connectivity index (χ1n) is 8.93. The molecule has 0 spiro atoms. The number of nitrogens with zero attached hydrogens (tertiary/aromatic N) is 5. The summed E-state index contributed by atoms with van der Waals surface area (Å²) in [5.74, 6) is 1.54. The molecule has 0 aliphatic heterocycles. The van der Waals surface area contributed by atoms with Gasteiger partial charge in [0.1, 0.15) is 10.8 Å². The molecule has 8 nitrogen and oxygen atoms in total. The normalized spacial score (nSPS) is 11.0. The molecule has 1 aromatic carbocycles. The summed E-state index contributed by atoms with van der Waals surface area (Å²) in [5, 5.41) is 19.0. The molecule has 4 aromatic rings. The molecule has 3 heterocycles. The predicted molar refractivity (Wildman–Crippen MR) is 114 cm³/mol. The highest BCUT2D eigenvalue weighted by Crippen LogP contribution is 2.23. The Morgan fingerprint density at radius 1 is 1.21 bits per heavy atom. The highest BCUT2D eigenvalue weighted by atomic mass is 32.2. The average Bonchev–Trinajstić information content (AvgIpc) is 3.33. The highest BCUT2D eigenvalue weighted by molar-refractivity contribution is 7.99. The van der Waals surface area contributed by atoms with E-state index in [1.807, 2.05) is 55.6 Å². The fraction of sp³-hybridized carbons (Fsp3) is 0.211. The van der Waals surface area contributed by atoms with Gasteiger partial charge in [0, 0.05) is 10.9 Å². The van der Waals surface area contributed by atoms with E-state index in [0.717, 1.165) is 17.0 Å². The summed E-state index contributed by atoms with van der Waals surface area (Å²) >= 11 is 2.75. The van der Waals surface area contributed by atoms with E-state index in [1.165, 1.54) is 23.1 Å². The molecule has 0 bridgehead atoms. The second kappa shape index (κ2) is 8.58. The van der Waals surface area contributed by atoms with Crippen molar-refractivity contribution >= 4 is 39.8 Å². The number of aryl methyl sites for hydroxylation is 1. The van der Waals surface area contributed by atoms with Gasteiger partial charge in [-0.3, -0.25) is 4.79 Å². The number of rotatable bonds is 7. The fourth-order valence-electron chi connectivity index (χ4n) is 2.60. The molecule has 0 radical (unpaired) electrons. The van der Waals surface area contributed by atoms with E-state index >= 15 is 0 Å². The number of thiazole rings is 1. The van der Waals surface area contributed by atoms with Crippen LogP contribution in [0, 0.1) is 6.92 Å². The molecule has 1 amide bonds. The Labute approximate surface area is 175 Å². The van der Waals surface area contributed by atoms with Crippen molar-refractivity contribution in [3.63, 3.8) is 0 Å². The van der Waals surface area contributed by atoms with Crippen LogP contribution in [-0.4, -0.2) is 43.1 Å². The van der Waals surface area contributed by atoms with Gasteiger partial charge in [-0.15, -0.1) is 21.5 Å². The minimum Gasteiger partial charge on any atom is -0.494 e. The molecule has 3 aromatic heterocycles. The van der Waals surface area contributed by atoms with Gasteiger partial charge in [-0.1, -0.05) is 11.8 Å². The number of thioether (sulfide) groups is 1. The molecule has 0 unspecified atom stereocenters. The van der Waals surface area contributed by atoms with Crippen molar-refractivity contribution in [2.75, 3.05) is 17.7 Å². The van der Waals surface area contributed by atoms with Crippen LogP contribution in [0.25, 0.3) is 17.0 Å². The molecule has 0 aliphatic rings. The number of benzene rings is 1. The van der Waals surface area contributed by atoms with Gasteiger partial charge in [0.05, 0.1) is 18.1 Å². The Morgan fingerprint density at radius 2 is 2.03 bits per heavy atom. The van der Waals surface area contributed by atoms with Crippen molar-refractivity contribution in [2.45, 2.75) is 18.9 Å². The van der Waals surface area contributed by atoms with Crippen molar-refractivity contribution in [1.29, 1.82) is 0 Å². The minimum absolute atomic E-state index is 0.123. The summed E-state index contributed by atoms with van der Waals surface area (Å²) in [6.45, 7) is 4.45. The van der Waals surface area contributed by atoms with Crippen LogP contribution in [0.2, 0.25) is 0 Å². The number of amides is 1. The van der Waals surface area contributed by atoms with Gasteiger partial charge in [-0.05, 0) is 50.2 Å². The minimum atomic E-state index is -0.123. The van der Waals surface area contributed by atoms with E-state index in [4.69, 9.17) is 4.74 Å². The summed E-state index contributed by atoms with van der Waals surface area (Å²) in [7, 11) is 0. The Kier molecular flexibility index (Phi) is 5.72. The number of ether oxygens (including phenoxy) is 1. The molecule has 1 N–H and O–H groups in total. The van der Waals surface area contributed by atoms with Crippen molar-refractivity contribution in [3.05, 3.63) is 47.5 Å². The summed E-state index contributed by atoms with van der Waals surface area (Å²) < 4.78 is 7.16. The Morgan fingerprint density at radius 3 is 2.76 bits per heavy atom. The zero-order chi connectivity index (χ0) is 20.2. The van der Waals surface area contributed by atoms with E-state index in [0.29, 0.717) is 28.2 Å². The molecule has 0 saturated carbocycles. The number of hydrogen-bond donors (Lipinski definition) is 1. The van der Waals surface area contributed by atoms with Crippen LogP contribution in [0.15, 0.2) is 46.8 Å². The smallest absolute Gasteiger partial charge is 0.236 e. The summed E-state index contributed by atoms with van der Waals surface area (Å²) in [4.78, 5) is 16.4. The van der Waals surface area contributed by atoms with Crippen molar-refractivity contribution < 1.29 is 9.53 Å². The average molecular weight is 427 g/mol. The lowest BCUT2D eigenvalue weighted by atomic mass is 10.2. The van der Waals surface area contributed by atoms with Gasteiger partial charge in [0.15, 0.2) is 16.6 Å². The van der Waals surface area contributed by atoms with Gasteiger partial charge in [-0.25, -0.2) is 4.98 Å². The third kappa shape index (κ3) is 4.54. The Balaban J connectivity index is 1.48. The third-order valence-electron chi connectivity index (χ3n) is 3.88. The Hall–Kier alpha value is -2.98. The monoisotopic (exact) mass is 426 g/mol. The molecule has 29 heavy (non-hydrogen) atoms. The second-order valence-electron chi connectivity index (χ2n) is 6.05. The van der Waals surface area contributed by atoms with Crippen LogP contribution in [0.1, 0.15) is 12.6 Å². The zero-order valence-corrected chi connectivity index (χ0v) is 17.5. The standard InChI is InChI=1S/C19H18N6O2S2/c1-3-27-14-6-4-13(5-7-14)18-23-22-15-8-9-17(24-25(15)18)28-11-16(26)21-19-20-12(2)10-29-19/h4-10H,3,11H2,1-2H3,(H,20,21,26). The van der Waals surface area contributed by atoms with Crippen LogP contribution in [0.4, 0.5) is 5.13 Å². The fourth-order valence-corrected chi connectivity index (χ4v) is 3.96. The number of aromatic nitrogens is 5. The van der Waals surface area contributed by atoms with Crippen LogP contribution in [0.3, 0.4) is 0 Å². The van der Waals surface area contributed by atoms with Gasteiger partial charge in [0.2, 0.25) is 5.91 Å². The maximum Gasteiger partial charge on any atom is 0.236 e. The van der Waals surface area contributed by atoms with E-state index in [-0.39, 0.29) is 11.7 Å². The number of carbonyl (C=O) groups excluding carboxylic acids is 1. The first kappa shape index (κ1) is 19.3. The van der Waals surface area contributed by atoms with Gasteiger partial charge in [0.25, 0.3) is 0 Å². The van der Waals surface area contributed by atoms with E-state index in [9.17, 15) is 4.79 Å². The number of hydrogen-bond acceptors (Lipinski definition) is 8. The number of fused-ring (bicyclic) bond motifs is 1. The van der Waals surface area contributed by atoms with E-state index < -0.39 is 0 Å². The van der Waals surface area contributed by atoms with Crippen LogP contribution >= 0.6 is 23.1 Å². The van der Waals surface area contributed by atoms with Crippen molar-refractivity contribution in [3.8, 4) is 17.1 Å². The molecule has 0 atom stereocenters. The van der Waals surface area contributed by atoms with E-state index in [1.54, 1.807) is 4.52 Å². The molecule has 0 aliphatic carbocycles. The van der Waals surface area contributed by atoms with Crippen LogP contribution in [-0.2, 0) is 4.79 Å². The van der Waals surface area contributed by atoms with Crippen LogP contribution < -0.4 is 10.1 Å². The summed E-state index contributed by atoms with van der Waals surface area (Å²) in [6, 6.07) is 11.3. The third-order valence-corrected chi connectivity index (χ3v) is 5.67. The maximum atomic E-state index is 12.1.